The first-order valence-corrected chi connectivity index (χ1v) is 11.7. The highest BCUT2D eigenvalue weighted by molar-refractivity contribution is 7.92. The van der Waals surface area contributed by atoms with E-state index in [1.807, 2.05) is 18.0 Å². The molecule has 168 valence electrons. The average Bonchev–Trinajstić information content (AvgIpc) is 2.76. The number of carbonyl (C=O) groups is 1. The molecule has 0 fully saturated rings. The number of aromatic nitrogens is 2. The number of nitrogens with one attached hydrogen (secondary N) is 2. The van der Waals surface area contributed by atoms with Gasteiger partial charge in [-0.05, 0) is 62.0 Å². The molecular formula is C21H21Cl2N5O3S. The lowest BCUT2D eigenvalue weighted by Gasteiger charge is -2.24. The number of sulfonamides is 1. The third-order valence-corrected chi connectivity index (χ3v) is 6.76. The van der Waals surface area contributed by atoms with Crippen molar-refractivity contribution in [3.63, 3.8) is 0 Å². The minimum absolute atomic E-state index is 0.0211. The number of carbonyl (C=O) groups excluding carboxylic acids is 1. The number of halogens is 2. The van der Waals surface area contributed by atoms with E-state index >= 15 is 0 Å². The molecule has 0 spiro atoms. The van der Waals surface area contributed by atoms with Crippen LogP contribution in [0.4, 0.5) is 11.6 Å². The van der Waals surface area contributed by atoms with Crippen molar-refractivity contribution >= 4 is 50.8 Å². The molecule has 1 atom stereocenters. The Morgan fingerprint density at radius 3 is 2.34 bits per heavy atom. The van der Waals surface area contributed by atoms with E-state index in [2.05, 4.69) is 20.0 Å². The lowest BCUT2D eigenvalue weighted by atomic mass is 10.2. The van der Waals surface area contributed by atoms with Gasteiger partial charge < -0.3 is 5.32 Å². The van der Waals surface area contributed by atoms with Crippen molar-refractivity contribution in [2.75, 3.05) is 17.1 Å². The van der Waals surface area contributed by atoms with E-state index in [0.717, 1.165) is 5.56 Å². The summed E-state index contributed by atoms with van der Waals surface area (Å²) >= 11 is 12.0. The summed E-state index contributed by atoms with van der Waals surface area (Å²) in [7, 11) is -2.03. The monoisotopic (exact) mass is 493 g/mol. The molecule has 0 saturated heterocycles. The van der Waals surface area contributed by atoms with E-state index in [4.69, 9.17) is 23.2 Å². The number of nitrogens with zero attached hydrogens (tertiary/aromatic N) is 3. The normalized spacial score (nSPS) is 12.4. The lowest BCUT2D eigenvalue weighted by Crippen LogP contribution is -2.39. The van der Waals surface area contributed by atoms with Crippen molar-refractivity contribution in [3.05, 3.63) is 76.5 Å². The fourth-order valence-corrected chi connectivity index (χ4v) is 4.04. The fraction of sp³-hybridized carbons (Fsp3) is 0.190. The van der Waals surface area contributed by atoms with E-state index in [1.165, 1.54) is 36.7 Å². The molecular weight excluding hydrogens is 473 g/mol. The average molecular weight is 494 g/mol. The van der Waals surface area contributed by atoms with Crippen LogP contribution in [0.2, 0.25) is 10.0 Å². The van der Waals surface area contributed by atoms with Gasteiger partial charge in [0.1, 0.15) is 0 Å². The Bertz CT molecular complexity index is 1190. The lowest BCUT2D eigenvalue weighted by molar-refractivity contribution is -0.120. The van der Waals surface area contributed by atoms with Gasteiger partial charge >= 0.3 is 0 Å². The van der Waals surface area contributed by atoms with Crippen molar-refractivity contribution in [1.29, 1.82) is 0 Å². The van der Waals surface area contributed by atoms with Gasteiger partial charge in [0.25, 0.3) is 10.0 Å². The van der Waals surface area contributed by atoms with Crippen LogP contribution in [0.15, 0.2) is 65.8 Å². The molecule has 0 aliphatic heterocycles. The predicted molar refractivity (Wildman–Crippen MR) is 125 cm³/mol. The molecule has 1 aromatic heterocycles. The van der Waals surface area contributed by atoms with Crippen molar-refractivity contribution < 1.29 is 13.2 Å². The Morgan fingerprint density at radius 1 is 1.06 bits per heavy atom. The summed E-state index contributed by atoms with van der Waals surface area (Å²) in [5, 5.41) is 3.72. The number of rotatable bonds is 8. The summed E-state index contributed by atoms with van der Waals surface area (Å²) in [6, 6.07) is 12.3. The summed E-state index contributed by atoms with van der Waals surface area (Å²) in [5.74, 6) is -0.261. The van der Waals surface area contributed by atoms with Crippen molar-refractivity contribution in [3.8, 4) is 0 Å². The van der Waals surface area contributed by atoms with Crippen LogP contribution in [0, 0.1) is 0 Å². The van der Waals surface area contributed by atoms with Gasteiger partial charge in [-0.25, -0.2) is 23.1 Å². The minimum atomic E-state index is -3.85. The Balaban J connectivity index is 1.61. The quantitative estimate of drug-likeness (QED) is 0.490. The number of likely N-dealkylation sites (N-methyl/N-ethyl adjacent to an activating group) is 1. The Kier molecular flexibility index (Phi) is 7.68. The van der Waals surface area contributed by atoms with E-state index in [9.17, 15) is 13.2 Å². The molecule has 0 aliphatic rings. The highest BCUT2D eigenvalue weighted by Gasteiger charge is 2.20. The van der Waals surface area contributed by atoms with E-state index in [0.29, 0.717) is 22.3 Å². The van der Waals surface area contributed by atoms with Crippen molar-refractivity contribution in [2.45, 2.75) is 24.4 Å². The van der Waals surface area contributed by atoms with Gasteiger partial charge in [0.2, 0.25) is 11.9 Å². The summed E-state index contributed by atoms with van der Waals surface area (Å²) in [5.41, 5.74) is 1.39. The third-order valence-electron chi connectivity index (χ3n) is 4.68. The highest BCUT2D eigenvalue weighted by Crippen LogP contribution is 2.23. The zero-order valence-electron chi connectivity index (χ0n) is 17.3. The Hall–Kier alpha value is -2.72. The second-order valence-electron chi connectivity index (χ2n) is 7.03. The van der Waals surface area contributed by atoms with E-state index < -0.39 is 16.1 Å². The van der Waals surface area contributed by atoms with Gasteiger partial charge in [-0.3, -0.25) is 9.69 Å². The number of hydrogen-bond donors (Lipinski definition) is 2. The summed E-state index contributed by atoms with van der Waals surface area (Å²) in [4.78, 5) is 22.2. The maximum atomic E-state index is 12.6. The summed E-state index contributed by atoms with van der Waals surface area (Å²) in [6.45, 7) is 2.27. The number of benzene rings is 2. The number of hydrogen-bond acceptors (Lipinski definition) is 6. The molecule has 32 heavy (non-hydrogen) atoms. The van der Waals surface area contributed by atoms with Crippen LogP contribution in [-0.4, -0.2) is 42.3 Å². The molecule has 3 rings (SSSR count). The molecule has 1 amide bonds. The molecule has 8 nitrogen and oxygen atoms in total. The van der Waals surface area contributed by atoms with Gasteiger partial charge in [0.15, 0.2) is 0 Å². The SMILES string of the molecule is C[C@H](C(=O)Nc1ccc(S(=O)(=O)Nc2ncccn2)cc1)N(C)Cc1ccc(Cl)c(Cl)c1. The van der Waals surface area contributed by atoms with Gasteiger partial charge in [0, 0.05) is 24.6 Å². The van der Waals surface area contributed by atoms with Crippen LogP contribution in [0.1, 0.15) is 12.5 Å². The predicted octanol–water partition coefficient (Wildman–Crippen LogP) is 4.04. The van der Waals surface area contributed by atoms with Crippen LogP contribution in [0.25, 0.3) is 0 Å². The van der Waals surface area contributed by atoms with Gasteiger partial charge in [-0.15, -0.1) is 0 Å². The molecule has 0 bridgehead atoms. The molecule has 0 saturated carbocycles. The number of anilines is 2. The Labute approximate surface area is 196 Å². The second kappa shape index (κ2) is 10.3. The van der Waals surface area contributed by atoms with Crippen LogP contribution in [0.3, 0.4) is 0 Å². The first-order valence-electron chi connectivity index (χ1n) is 9.50. The zero-order chi connectivity index (χ0) is 23.3. The van der Waals surface area contributed by atoms with Gasteiger partial charge in [-0.1, -0.05) is 29.3 Å². The molecule has 0 aliphatic carbocycles. The van der Waals surface area contributed by atoms with E-state index in [-0.39, 0.29) is 16.8 Å². The minimum Gasteiger partial charge on any atom is -0.325 e. The summed E-state index contributed by atoms with van der Waals surface area (Å²) < 4.78 is 27.2. The van der Waals surface area contributed by atoms with Crippen LogP contribution in [-0.2, 0) is 21.4 Å². The molecule has 2 N–H and O–H groups in total. The van der Waals surface area contributed by atoms with Crippen molar-refractivity contribution in [2.24, 2.45) is 0 Å². The summed E-state index contributed by atoms with van der Waals surface area (Å²) in [6.07, 6.45) is 2.87. The maximum absolute atomic E-state index is 12.6. The smallest absolute Gasteiger partial charge is 0.264 e. The topological polar surface area (TPSA) is 104 Å². The standard InChI is InChI=1S/C21H21Cl2N5O3S/c1-14(28(2)13-15-4-9-18(22)19(23)12-15)20(29)26-16-5-7-17(8-6-16)32(30,31)27-21-24-10-3-11-25-21/h3-12,14H,13H2,1-2H3,(H,26,29)(H,24,25,27)/t14-/m1/s1. The van der Waals surface area contributed by atoms with Crippen molar-refractivity contribution in [1.82, 2.24) is 14.9 Å². The molecule has 2 aromatic carbocycles. The molecule has 0 unspecified atom stereocenters. The molecule has 11 heteroatoms. The van der Waals surface area contributed by atoms with E-state index in [1.54, 1.807) is 25.1 Å². The zero-order valence-corrected chi connectivity index (χ0v) is 19.6. The van der Waals surface area contributed by atoms with Crippen LogP contribution >= 0.6 is 23.2 Å². The van der Waals surface area contributed by atoms with Gasteiger partial charge in [-0.2, -0.15) is 0 Å². The van der Waals surface area contributed by atoms with Gasteiger partial charge in [0.05, 0.1) is 21.0 Å². The first kappa shape index (κ1) is 23.9. The largest absolute Gasteiger partial charge is 0.325 e. The maximum Gasteiger partial charge on any atom is 0.264 e. The van der Waals surface area contributed by atoms with Crippen LogP contribution in [0.5, 0.6) is 0 Å². The Morgan fingerprint density at radius 2 is 1.72 bits per heavy atom. The molecule has 3 aromatic rings. The molecule has 0 radical (unpaired) electrons. The third kappa shape index (κ3) is 6.17. The highest BCUT2D eigenvalue weighted by atomic mass is 35.5. The first-order chi connectivity index (χ1) is 15.2. The number of amides is 1. The van der Waals surface area contributed by atoms with Crippen LogP contribution < -0.4 is 10.0 Å². The second-order valence-corrected chi connectivity index (χ2v) is 9.53. The molecule has 1 heterocycles. The fourth-order valence-electron chi connectivity index (χ4n) is 2.76.